The van der Waals surface area contributed by atoms with Gasteiger partial charge in [-0.2, -0.15) is 0 Å². The van der Waals surface area contributed by atoms with Gasteiger partial charge in [0.25, 0.3) is 0 Å². The minimum atomic E-state index is -0.445. The molecule has 1 saturated heterocycles. The summed E-state index contributed by atoms with van der Waals surface area (Å²) < 4.78 is 5.39. The second-order valence-corrected chi connectivity index (χ2v) is 7.28. The predicted molar refractivity (Wildman–Crippen MR) is 79.7 cm³/mol. The molecular formula is C14H23N3O2S. The van der Waals surface area contributed by atoms with Gasteiger partial charge in [0.2, 0.25) is 0 Å². The smallest absolute Gasteiger partial charge is 0.410 e. The molecule has 1 aliphatic rings. The third-order valence-corrected chi connectivity index (χ3v) is 4.20. The molecule has 1 aromatic rings. The molecule has 112 valence electrons. The van der Waals surface area contributed by atoms with Crippen molar-refractivity contribution in [2.24, 2.45) is 11.7 Å². The SMILES string of the molecule is CC(C)(C)OC(=O)N1CCC(C(N)Cc2cncs2)C1. The molecule has 0 aromatic carbocycles. The summed E-state index contributed by atoms with van der Waals surface area (Å²) in [7, 11) is 0. The monoisotopic (exact) mass is 297 g/mol. The standard InChI is InChI=1S/C14H23N3O2S/c1-14(2,3)19-13(18)17-5-4-10(8-17)12(15)6-11-7-16-9-20-11/h7,9-10,12H,4-6,8,15H2,1-3H3. The van der Waals surface area contributed by atoms with Crippen molar-refractivity contribution in [3.05, 3.63) is 16.6 Å². The Kier molecular flexibility index (Phi) is 4.65. The first-order chi connectivity index (χ1) is 9.35. The van der Waals surface area contributed by atoms with Gasteiger partial charge in [0, 0.05) is 30.2 Å². The molecule has 1 amide bonds. The molecule has 1 aromatic heterocycles. The molecule has 2 rings (SSSR count). The van der Waals surface area contributed by atoms with Crippen LogP contribution in [-0.2, 0) is 11.2 Å². The third kappa shape index (κ3) is 4.18. The number of nitrogens with zero attached hydrogens (tertiary/aromatic N) is 2. The average molecular weight is 297 g/mol. The second kappa shape index (κ2) is 6.10. The molecule has 0 radical (unpaired) electrons. The zero-order chi connectivity index (χ0) is 14.8. The summed E-state index contributed by atoms with van der Waals surface area (Å²) in [6.45, 7) is 7.07. The van der Waals surface area contributed by atoms with E-state index in [-0.39, 0.29) is 12.1 Å². The van der Waals surface area contributed by atoms with Crippen LogP contribution < -0.4 is 5.73 Å². The van der Waals surface area contributed by atoms with Crippen LogP contribution in [0.1, 0.15) is 32.1 Å². The number of aromatic nitrogens is 1. The molecular weight excluding hydrogens is 274 g/mol. The van der Waals surface area contributed by atoms with Crippen molar-refractivity contribution in [3.8, 4) is 0 Å². The molecule has 2 N–H and O–H groups in total. The maximum Gasteiger partial charge on any atom is 0.410 e. The molecule has 1 aliphatic heterocycles. The van der Waals surface area contributed by atoms with Crippen LogP contribution >= 0.6 is 11.3 Å². The van der Waals surface area contributed by atoms with Crippen LogP contribution in [0.3, 0.4) is 0 Å². The van der Waals surface area contributed by atoms with Gasteiger partial charge in [-0.3, -0.25) is 4.98 Å². The van der Waals surface area contributed by atoms with E-state index in [0.717, 1.165) is 19.4 Å². The second-order valence-electron chi connectivity index (χ2n) is 6.31. The lowest BCUT2D eigenvalue weighted by Gasteiger charge is -2.25. The number of amides is 1. The van der Waals surface area contributed by atoms with Crippen LogP contribution in [0, 0.1) is 5.92 Å². The normalized spacial score (nSPS) is 21.0. The van der Waals surface area contributed by atoms with Crippen molar-refractivity contribution in [1.29, 1.82) is 0 Å². The highest BCUT2D eigenvalue weighted by Gasteiger charge is 2.32. The lowest BCUT2D eigenvalue weighted by molar-refractivity contribution is 0.0286. The van der Waals surface area contributed by atoms with E-state index in [0.29, 0.717) is 12.5 Å². The van der Waals surface area contributed by atoms with Crippen molar-refractivity contribution in [2.75, 3.05) is 13.1 Å². The van der Waals surface area contributed by atoms with Crippen LogP contribution in [0.25, 0.3) is 0 Å². The van der Waals surface area contributed by atoms with Gasteiger partial charge in [-0.1, -0.05) is 0 Å². The Labute approximate surface area is 124 Å². The van der Waals surface area contributed by atoms with E-state index in [2.05, 4.69) is 4.98 Å². The molecule has 0 spiro atoms. The molecule has 5 nitrogen and oxygen atoms in total. The van der Waals surface area contributed by atoms with Crippen LogP contribution in [0.15, 0.2) is 11.7 Å². The quantitative estimate of drug-likeness (QED) is 0.929. The van der Waals surface area contributed by atoms with Crippen molar-refractivity contribution in [2.45, 2.75) is 45.3 Å². The van der Waals surface area contributed by atoms with E-state index >= 15 is 0 Å². The Hall–Kier alpha value is -1.14. The van der Waals surface area contributed by atoms with Crippen LogP contribution in [0.2, 0.25) is 0 Å². The van der Waals surface area contributed by atoms with E-state index in [9.17, 15) is 4.79 Å². The highest BCUT2D eigenvalue weighted by atomic mass is 32.1. The summed E-state index contributed by atoms with van der Waals surface area (Å²) in [6.07, 6.45) is 3.41. The summed E-state index contributed by atoms with van der Waals surface area (Å²) >= 11 is 1.63. The Balaban J connectivity index is 1.84. The fourth-order valence-electron chi connectivity index (χ4n) is 2.37. The fourth-order valence-corrected chi connectivity index (χ4v) is 3.04. The van der Waals surface area contributed by atoms with Crippen molar-refractivity contribution in [3.63, 3.8) is 0 Å². The predicted octanol–water partition coefficient (Wildman–Crippen LogP) is 2.27. The van der Waals surface area contributed by atoms with E-state index < -0.39 is 5.60 Å². The molecule has 1 fully saturated rings. The number of carbonyl (C=O) groups is 1. The van der Waals surface area contributed by atoms with Gasteiger partial charge in [-0.25, -0.2) is 4.79 Å². The van der Waals surface area contributed by atoms with Crippen LogP contribution in [0.5, 0.6) is 0 Å². The Morgan fingerprint density at radius 1 is 1.65 bits per heavy atom. The van der Waals surface area contributed by atoms with Crippen molar-refractivity contribution < 1.29 is 9.53 Å². The van der Waals surface area contributed by atoms with E-state index in [1.165, 1.54) is 4.88 Å². The highest BCUT2D eigenvalue weighted by Crippen LogP contribution is 2.23. The van der Waals surface area contributed by atoms with Crippen LogP contribution in [-0.4, -0.2) is 40.7 Å². The molecule has 2 heterocycles. The number of nitrogens with two attached hydrogens (primary N) is 1. The fraction of sp³-hybridized carbons (Fsp3) is 0.714. The van der Waals surface area contributed by atoms with Crippen molar-refractivity contribution >= 4 is 17.4 Å². The topological polar surface area (TPSA) is 68.5 Å². The summed E-state index contributed by atoms with van der Waals surface area (Å²) in [5.74, 6) is 0.338. The molecule has 2 atom stereocenters. The minimum Gasteiger partial charge on any atom is -0.444 e. The molecule has 20 heavy (non-hydrogen) atoms. The Morgan fingerprint density at radius 2 is 2.40 bits per heavy atom. The van der Waals surface area contributed by atoms with Gasteiger partial charge in [-0.15, -0.1) is 11.3 Å². The number of rotatable bonds is 3. The van der Waals surface area contributed by atoms with Gasteiger partial charge in [0.15, 0.2) is 0 Å². The maximum atomic E-state index is 12.0. The first-order valence-corrected chi connectivity index (χ1v) is 7.84. The van der Waals surface area contributed by atoms with Gasteiger partial charge in [0.05, 0.1) is 5.51 Å². The number of thiazole rings is 1. The summed E-state index contributed by atoms with van der Waals surface area (Å²) in [6, 6.07) is 0.0721. The number of ether oxygens (including phenoxy) is 1. The third-order valence-electron chi connectivity index (χ3n) is 3.40. The summed E-state index contributed by atoms with van der Waals surface area (Å²) in [5, 5.41) is 0. The zero-order valence-electron chi connectivity index (χ0n) is 12.3. The molecule has 6 heteroatoms. The van der Waals surface area contributed by atoms with Gasteiger partial charge in [0.1, 0.15) is 5.60 Å². The summed E-state index contributed by atoms with van der Waals surface area (Å²) in [4.78, 5) is 19.0. The number of hydrogen-bond donors (Lipinski definition) is 1. The molecule has 0 saturated carbocycles. The Morgan fingerprint density at radius 3 is 3.00 bits per heavy atom. The lowest BCUT2D eigenvalue weighted by atomic mass is 9.97. The lowest BCUT2D eigenvalue weighted by Crippen LogP contribution is -2.38. The van der Waals surface area contributed by atoms with E-state index in [1.54, 1.807) is 16.2 Å². The van der Waals surface area contributed by atoms with Gasteiger partial charge < -0.3 is 15.4 Å². The van der Waals surface area contributed by atoms with Crippen LogP contribution in [0.4, 0.5) is 4.79 Å². The number of hydrogen-bond acceptors (Lipinski definition) is 5. The minimum absolute atomic E-state index is 0.0721. The highest BCUT2D eigenvalue weighted by molar-refractivity contribution is 7.09. The van der Waals surface area contributed by atoms with Gasteiger partial charge >= 0.3 is 6.09 Å². The molecule has 0 bridgehead atoms. The molecule has 0 aliphatic carbocycles. The average Bonchev–Trinajstić information content (AvgIpc) is 2.96. The van der Waals surface area contributed by atoms with E-state index in [1.807, 2.05) is 32.5 Å². The number of likely N-dealkylation sites (tertiary alicyclic amines) is 1. The zero-order valence-corrected chi connectivity index (χ0v) is 13.2. The van der Waals surface area contributed by atoms with E-state index in [4.69, 9.17) is 10.5 Å². The summed E-state index contributed by atoms with van der Waals surface area (Å²) in [5.41, 5.74) is 7.64. The molecule has 2 unspecified atom stereocenters. The van der Waals surface area contributed by atoms with Crippen molar-refractivity contribution in [1.82, 2.24) is 9.88 Å². The Bertz CT molecular complexity index is 442. The first-order valence-electron chi connectivity index (χ1n) is 6.96. The largest absolute Gasteiger partial charge is 0.444 e. The first kappa shape index (κ1) is 15.3. The van der Waals surface area contributed by atoms with Gasteiger partial charge in [-0.05, 0) is 39.5 Å². The maximum absolute atomic E-state index is 12.0. The number of carbonyl (C=O) groups excluding carboxylic acids is 1.